The molecule has 0 aromatic heterocycles. The molecule has 0 saturated carbocycles. The fraction of sp³-hybridized carbons (Fsp3) is 0.0435. The predicted octanol–water partition coefficient (Wildman–Crippen LogP) is 4.81. The zero-order valence-electron chi connectivity index (χ0n) is 14.2. The Morgan fingerprint density at radius 1 is 0.885 bits per heavy atom. The van der Waals surface area contributed by atoms with E-state index in [1.807, 2.05) is 72.8 Å². The first-order valence-electron chi connectivity index (χ1n) is 7.95. The molecule has 0 aliphatic carbocycles. The van der Waals surface area contributed by atoms with E-state index in [0.717, 1.165) is 28.0 Å². The van der Waals surface area contributed by atoms with Gasteiger partial charge in [-0.25, -0.2) is 0 Å². The third-order valence-electron chi connectivity index (χ3n) is 3.99. The van der Waals surface area contributed by atoms with Crippen LogP contribution in [0.15, 0.2) is 72.3 Å². The van der Waals surface area contributed by atoms with Crippen molar-refractivity contribution in [3.8, 4) is 29.0 Å². The van der Waals surface area contributed by atoms with E-state index in [9.17, 15) is 10.5 Å². The van der Waals surface area contributed by atoms with Crippen molar-refractivity contribution in [3.05, 3.63) is 95.6 Å². The van der Waals surface area contributed by atoms with E-state index in [1.165, 1.54) is 0 Å². The molecule has 0 fully saturated rings. The molecular formula is C23H14N2O. The molecular weight excluding hydrogens is 320 g/mol. The van der Waals surface area contributed by atoms with Gasteiger partial charge in [0.05, 0.1) is 7.11 Å². The van der Waals surface area contributed by atoms with Crippen LogP contribution in [0.25, 0.3) is 16.7 Å². The van der Waals surface area contributed by atoms with Gasteiger partial charge in [0.1, 0.15) is 23.5 Å². The van der Waals surface area contributed by atoms with Crippen LogP contribution in [0.4, 0.5) is 0 Å². The highest BCUT2D eigenvalue weighted by Crippen LogP contribution is 2.29. The second-order valence-electron chi connectivity index (χ2n) is 5.49. The Morgan fingerprint density at radius 3 is 2.00 bits per heavy atom. The highest BCUT2D eigenvalue weighted by molar-refractivity contribution is 5.87. The zero-order chi connectivity index (χ0) is 18.4. The third-order valence-corrected chi connectivity index (χ3v) is 3.99. The lowest BCUT2D eigenvalue weighted by Gasteiger charge is -2.10. The van der Waals surface area contributed by atoms with E-state index in [4.69, 9.17) is 4.74 Å². The summed E-state index contributed by atoms with van der Waals surface area (Å²) in [5.74, 6) is 0.717. The maximum absolute atomic E-state index is 9.39. The van der Waals surface area contributed by atoms with Crippen LogP contribution in [0, 0.1) is 34.8 Å². The first kappa shape index (κ1) is 16.8. The van der Waals surface area contributed by atoms with Crippen molar-refractivity contribution in [2.75, 3.05) is 7.11 Å². The highest BCUT2D eigenvalue weighted by atomic mass is 16.5. The number of hydrogen-bond donors (Lipinski definition) is 0. The first-order valence-corrected chi connectivity index (χ1v) is 7.95. The normalized spacial score (nSPS) is 9.35. The first-order chi connectivity index (χ1) is 12.8. The summed E-state index contributed by atoms with van der Waals surface area (Å²) in [5.41, 5.74) is 4.20. The Morgan fingerprint density at radius 2 is 1.50 bits per heavy atom. The molecule has 0 N–H and O–H groups in total. The van der Waals surface area contributed by atoms with Gasteiger partial charge in [-0.2, -0.15) is 10.5 Å². The molecule has 3 rings (SSSR count). The monoisotopic (exact) mass is 334 g/mol. The van der Waals surface area contributed by atoms with Gasteiger partial charge < -0.3 is 4.74 Å². The second kappa shape index (κ2) is 7.71. The number of nitrogens with zero attached hydrogens (tertiary/aromatic N) is 2. The van der Waals surface area contributed by atoms with Crippen LogP contribution < -0.4 is 4.74 Å². The molecule has 3 aromatic rings. The molecule has 0 spiro atoms. The van der Waals surface area contributed by atoms with E-state index in [1.54, 1.807) is 13.2 Å². The van der Waals surface area contributed by atoms with E-state index in [2.05, 4.69) is 12.1 Å². The highest BCUT2D eigenvalue weighted by Gasteiger charge is 2.12. The van der Waals surface area contributed by atoms with Gasteiger partial charge in [0.2, 0.25) is 0 Å². The number of nitriles is 2. The standard InChI is InChI=1S/C23H14N2O/c1-26-22-13-11-20(12-14-22)23(21(15-24)16-25)19-9-7-18(8-10-19)17-5-3-2-4-6-17/h2-3,5,7-14H,1H3. The Bertz CT molecular complexity index is 987. The third kappa shape index (κ3) is 3.41. The van der Waals surface area contributed by atoms with Crippen LogP contribution in [-0.2, 0) is 0 Å². The van der Waals surface area contributed by atoms with Crippen LogP contribution in [0.5, 0.6) is 5.75 Å². The lowest BCUT2D eigenvalue weighted by Crippen LogP contribution is -1.93. The molecule has 0 aliphatic heterocycles. The zero-order valence-corrected chi connectivity index (χ0v) is 14.2. The molecule has 0 aliphatic rings. The molecule has 0 atom stereocenters. The number of methoxy groups -OCH3 is 1. The van der Waals surface area contributed by atoms with Crippen molar-refractivity contribution in [3.63, 3.8) is 0 Å². The summed E-state index contributed by atoms with van der Waals surface area (Å²) < 4.78 is 5.18. The van der Waals surface area contributed by atoms with Gasteiger partial charge in [-0.3, -0.25) is 0 Å². The lowest BCUT2D eigenvalue weighted by molar-refractivity contribution is 0.415. The molecule has 0 radical (unpaired) electrons. The van der Waals surface area contributed by atoms with Gasteiger partial charge in [0.25, 0.3) is 0 Å². The largest absolute Gasteiger partial charge is 0.497 e. The van der Waals surface area contributed by atoms with Crippen molar-refractivity contribution in [2.24, 2.45) is 0 Å². The van der Waals surface area contributed by atoms with Crippen LogP contribution in [-0.4, -0.2) is 7.11 Å². The van der Waals surface area contributed by atoms with Gasteiger partial charge in [-0.1, -0.05) is 54.6 Å². The van der Waals surface area contributed by atoms with Crippen molar-refractivity contribution >= 4 is 5.57 Å². The quantitative estimate of drug-likeness (QED) is 0.643. The van der Waals surface area contributed by atoms with Crippen LogP contribution >= 0.6 is 0 Å². The van der Waals surface area contributed by atoms with Gasteiger partial charge in [0.15, 0.2) is 0 Å². The van der Waals surface area contributed by atoms with Gasteiger partial charge in [-0.05, 0) is 41.0 Å². The lowest BCUT2D eigenvalue weighted by atomic mass is 9.92. The molecule has 3 nitrogen and oxygen atoms in total. The van der Waals surface area contributed by atoms with Crippen molar-refractivity contribution in [1.29, 1.82) is 10.5 Å². The Kier molecular flexibility index (Phi) is 5.00. The maximum Gasteiger partial charge on any atom is 0.138 e. The van der Waals surface area contributed by atoms with E-state index >= 15 is 0 Å². The molecule has 0 unspecified atom stereocenters. The number of hydrogen-bond acceptors (Lipinski definition) is 3. The van der Waals surface area contributed by atoms with Gasteiger partial charge >= 0.3 is 0 Å². The number of benzene rings is 2. The van der Waals surface area contributed by atoms with E-state index < -0.39 is 0 Å². The minimum absolute atomic E-state index is 0.0718. The van der Waals surface area contributed by atoms with Crippen molar-refractivity contribution < 1.29 is 4.74 Å². The smallest absolute Gasteiger partial charge is 0.138 e. The second-order valence-corrected chi connectivity index (χ2v) is 5.49. The Hall–Kier alpha value is -4.00. The molecule has 122 valence electrons. The van der Waals surface area contributed by atoms with Crippen LogP contribution in [0.3, 0.4) is 0 Å². The molecule has 0 heterocycles. The van der Waals surface area contributed by atoms with Gasteiger partial charge in [-0.15, -0.1) is 0 Å². The molecule has 3 heteroatoms. The topological polar surface area (TPSA) is 56.8 Å². The SMILES string of the molecule is COc1ccc(C(=C(C#N)C#N)c2ccc(-c3c#cccc3)cc2)cc1. The molecule has 0 bridgehead atoms. The summed E-state index contributed by atoms with van der Waals surface area (Å²) in [6.45, 7) is 0. The maximum atomic E-state index is 9.39. The Labute approximate surface area is 153 Å². The summed E-state index contributed by atoms with van der Waals surface area (Å²) in [4.78, 5) is 0. The van der Waals surface area contributed by atoms with Crippen LogP contribution in [0.2, 0.25) is 0 Å². The minimum atomic E-state index is 0.0718. The summed E-state index contributed by atoms with van der Waals surface area (Å²) in [6.07, 6.45) is 0. The predicted molar refractivity (Wildman–Crippen MR) is 99.8 cm³/mol. The average molecular weight is 334 g/mol. The van der Waals surface area contributed by atoms with Gasteiger partial charge in [0, 0.05) is 11.1 Å². The molecule has 0 amide bonds. The summed E-state index contributed by atoms with van der Waals surface area (Å²) in [7, 11) is 1.60. The Balaban J connectivity index is 2.07. The number of ether oxygens (including phenoxy) is 1. The molecule has 26 heavy (non-hydrogen) atoms. The van der Waals surface area contributed by atoms with E-state index in [-0.39, 0.29) is 5.57 Å². The summed E-state index contributed by atoms with van der Waals surface area (Å²) in [5, 5.41) is 18.8. The van der Waals surface area contributed by atoms with Crippen molar-refractivity contribution in [1.82, 2.24) is 0 Å². The molecule has 0 saturated heterocycles. The fourth-order valence-corrected chi connectivity index (χ4v) is 2.69. The van der Waals surface area contributed by atoms with Crippen molar-refractivity contribution in [2.45, 2.75) is 0 Å². The fourth-order valence-electron chi connectivity index (χ4n) is 2.69. The summed E-state index contributed by atoms with van der Waals surface area (Å²) in [6, 6.07) is 30.7. The average Bonchev–Trinajstić information content (AvgIpc) is 2.73. The molecule has 3 aromatic carbocycles. The van der Waals surface area contributed by atoms with E-state index in [0.29, 0.717) is 5.57 Å². The summed E-state index contributed by atoms with van der Waals surface area (Å²) >= 11 is 0. The van der Waals surface area contributed by atoms with Crippen LogP contribution in [0.1, 0.15) is 11.1 Å². The minimum Gasteiger partial charge on any atom is -0.497 e. The number of allylic oxidation sites excluding steroid dienone is 1. The number of rotatable bonds is 4.